The summed E-state index contributed by atoms with van der Waals surface area (Å²) in [5.41, 5.74) is 7.60. The molecule has 0 saturated carbocycles. The lowest BCUT2D eigenvalue weighted by Crippen LogP contribution is -2.68. The molecule has 4 atom stereocenters. The number of nitrogens with one attached hydrogen (secondary N) is 2. The van der Waals surface area contributed by atoms with Crippen molar-refractivity contribution in [3.8, 4) is 22.4 Å². The highest BCUT2D eigenvalue weighted by atomic mass is 19.3. The summed E-state index contributed by atoms with van der Waals surface area (Å²) in [5, 5.41) is 5.03. The summed E-state index contributed by atoms with van der Waals surface area (Å²) < 4.78 is 51.0. The van der Waals surface area contributed by atoms with E-state index in [0.717, 1.165) is 55.5 Å². The van der Waals surface area contributed by atoms with Crippen molar-refractivity contribution in [2.75, 3.05) is 33.4 Å². The van der Waals surface area contributed by atoms with E-state index in [1.807, 2.05) is 43.3 Å². The molecule has 15 nitrogen and oxygen atoms in total. The second-order valence-electron chi connectivity index (χ2n) is 19.2. The van der Waals surface area contributed by atoms with Crippen molar-refractivity contribution in [3.63, 3.8) is 0 Å². The van der Waals surface area contributed by atoms with Crippen LogP contribution in [0, 0.1) is 11.3 Å². The highest BCUT2D eigenvalue weighted by Crippen LogP contribution is 2.46. The molecule has 67 heavy (non-hydrogen) atoms. The van der Waals surface area contributed by atoms with E-state index >= 15 is 8.78 Å². The fraction of sp³-hybridized carbons (Fsp3) is 0.480. The molecule has 2 aromatic heterocycles. The molecule has 0 aliphatic carbocycles. The first-order valence-corrected chi connectivity index (χ1v) is 22.9. The van der Waals surface area contributed by atoms with E-state index in [9.17, 15) is 24.0 Å². The number of nitrogens with zero attached hydrogens (tertiary/aromatic N) is 5. The van der Waals surface area contributed by atoms with Crippen LogP contribution in [-0.2, 0) is 57.6 Å². The number of benzene rings is 2. The van der Waals surface area contributed by atoms with Crippen molar-refractivity contribution in [2.24, 2.45) is 11.3 Å². The Balaban J connectivity index is 1.20. The molecule has 0 unspecified atom stereocenters. The summed E-state index contributed by atoms with van der Waals surface area (Å²) >= 11 is 0. The van der Waals surface area contributed by atoms with E-state index in [1.54, 1.807) is 13.3 Å². The SMILES string of the molecule is C=CC(=O)N1CC2(C1)OC(F)(F)N([C@H](C(=O)N[C@H]1Cc3cccc(c3)-c3ccc4c(c3)c(c(-c3cccnc3[C@H](C)OC)n4CC)CC(C)(C)COC(=O)[C@@H]3CCCN(N3)C1=O)C(C)C)C2=O. The first-order valence-electron chi connectivity index (χ1n) is 22.9. The predicted octanol–water partition coefficient (Wildman–Crippen LogP) is 5.95. The van der Waals surface area contributed by atoms with Gasteiger partial charge in [0.25, 0.3) is 11.8 Å². The van der Waals surface area contributed by atoms with Crippen molar-refractivity contribution in [3.05, 3.63) is 90.3 Å². The number of pyridine rings is 1. The lowest BCUT2D eigenvalue weighted by atomic mass is 9.84. The maximum Gasteiger partial charge on any atom is 0.452 e. The van der Waals surface area contributed by atoms with Gasteiger partial charge in [-0.3, -0.25) is 38.7 Å². The van der Waals surface area contributed by atoms with Gasteiger partial charge in [0.1, 0.15) is 18.1 Å². The van der Waals surface area contributed by atoms with Crippen LogP contribution in [0.1, 0.15) is 77.3 Å². The van der Waals surface area contributed by atoms with Gasteiger partial charge in [-0.25, -0.2) is 10.3 Å². The fourth-order valence-electron chi connectivity index (χ4n) is 9.97. The van der Waals surface area contributed by atoms with Gasteiger partial charge in [0.05, 0.1) is 37.2 Å². The lowest BCUT2D eigenvalue weighted by molar-refractivity contribution is -0.324. The number of carbonyl (C=O) groups is 5. The summed E-state index contributed by atoms with van der Waals surface area (Å²) in [7, 11) is 1.66. The fourth-order valence-corrected chi connectivity index (χ4v) is 9.97. The number of esters is 1. The van der Waals surface area contributed by atoms with Crippen LogP contribution in [0.2, 0.25) is 0 Å². The molecule has 8 rings (SSSR count). The quantitative estimate of drug-likeness (QED) is 0.117. The van der Waals surface area contributed by atoms with Crippen molar-refractivity contribution < 1.29 is 47.0 Å². The summed E-state index contributed by atoms with van der Waals surface area (Å²) in [4.78, 5) is 75.2. The minimum Gasteiger partial charge on any atom is -0.464 e. The highest BCUT2D eigenvalue weighted by Gasteiger charge is 2.70. The summed E-state index contributed by atoms with van der Waals surface area (Å²) in [6.07, 6.45) is -0.455. The molecule has 4 aliphatic rings. The average molecular weight is 924 g/mol. The Labute approximate surface area is 388 Å². The Morgan fingerprint density at radius 2 is 1.81 bits per heavy atom. The molecule has 4 aromatic rings. The zero-order chi connectivity index (χ0) is 48.2. The molecule has 6 heterocycles. The van der Waals surface area contributed by atoms with Crippen molar-refractivity contribution in [1.82, 2.24) is 35.1 Å². The zero-order valence-electron chi connectivity index (χ0n) is 39.1. The van der Waals surface area contributed by atoms with Gasteiger partial charge < -0.3 is 24.3 Å². The standard InChI is InChI=1S/C50H59F2N7O8/c1-9-40(60)56-26-49(27-56)47(64)59(50(51,52)67-49)42(29(3)4)44(61)54-38-23-31-14-11-15-32(22-31)33-18-19-39-35(24-33)36(43(57(39)10-2)34-16-12-20-53-41(34)30(5)65-8)25-48(6,7)28-66-46(63)37-17-13-21-58(55-37)45(38)62/h9,11-12,14-16,18-20,22,24,29-30,37-38,42,55H,1,10,13,17,21,23,25-28H2,2-8H3,(H,54,61)/t30-,37-,38-,42-/m0/s1. The van der Waals surface area contributed by atoms with Crippen molar-refractivity contribution >= 4 is 40.5 Å². The van der Waals surface area contributed by atoms with Crippen LogP contribution in [0.5, 0.6) is 0 Å². The van der Waals surface area contributed by atoms with E-state index in [0.29, 0.717) is 31.4 Å². The van der Waals surface area contributed by atoms with Gasteiger partial charge >= 0.3 is 12.2 Å². The number of likely N-dealkylation sites (tertiary alicyclic amines) is 1. The lowest BCUT2D eigenvalue weighted by Gasteiger charge is -2.44. The van der Waals surface area contributed by atoms with E-state index in [4.69, 9.17) is 19.2 Å². The normalized spacial score (nSPS) is 22.3. The first kappa shape index (κ1) is 47.5. The summed E-state index contributed by atoms with van der Waals surface area (Å²) in [6, 6.07) is 13.8. The van der Waals surface area contributed by atoms with Gasteiger partial charge in [-0.1, -0.05) is 64.6 Å². The molecular weight excluding hydrogens is 865 g/mol. The summed E-state index contributed by atoms with van der Waals surface area (Å²) in [5.74, 6) is -4.72. The molecule has 2 aromatic carbocycles. The van der Waals surface area contributed by atoms with Crippen LogP contribution in [-0.4, -0.2) is 117 Å². The molecule has 3 saturated heterocycles. The van der Waals surface area contributed by atoms with Gasteiger partial charge in [-0.15, -0.1) is 0 Å². The molecule has 3 fully saturated rings. The number of aryl methyl sites for hydroxylation is 1. The maximum atomic E-state index is 15.9. The minimum absolute atomic E-state index is 0.0645. The van der Waals surface area contributed by atoms with Gasteiger partial charge in [-0.2, -0.15) is 8.78 Å². The minimum atomic E-state index is -4.21. The molecule has 4 amide bonds. The smallest absolute Gasteiger partial charge is 0.452 e. The summed E-state index contributed by atoms with van der Waals surface area (Å²) in [6.45, 7) is 14.6. The Hall–Kier alpha value is -6.04. The molecule has 0 radical (unpaired) electrons. The number of hydrogen-bond acceptors (Lipinski definition) is 10. The van der Waals surface area contributed by atoms with E-state index < -0.39 is 84.0 Å². The molecule has 2 N–H and O–H groups in total. The second kappa shape index (κ2) is 18.2. The van der Waals surface area contributed by atoms with Crippen LogP contribution >= 0.6 is 0 Å². The van der Waals surface area contributed by atoms with E-state index in [-0.39, 0.29) is 30.6 Å². The van der Waals surface area contributed by atoms with E-state index in [1.165, 1.54) is 18.9 Å². The maximum absolute atomic E-state index is 15.9. The third kappa shape index (κ3) is 8.84. The van der Waals surface area contributed by atoms with E-state index in [2.05, 4.69) is 60.9 Å². The monoisotopic (exact) mass is 923 g/mol. The number of hydrogen-bond donors (Lipinski definition) is 2. The predicted molar refractivity (Wildman–Crippen MR) is 245 cm³/mol. The van der Waals surface area contributed by atoms with Gasteiger partial charge in [-0.05, 0) is 91.6 Å². The second-order valence-corrected chi connectivity index (χ2v) is 19.2. The number of aromatic nitrogens is 2. The number of alkyl halides is 2. The Bertz CT molecular complexity index is 2620. The Morgan fingerprint density at radius 1 is 1.06 bits per heavy atom. The number of cyclic esters (lactones) is 1. The molecule has 6 bridgehead atoms. The first-order chi connectivity index (χ1) is 31.8. The van der Waals surface area contributed by atoms with Crippen LogP contribution in [0.3, 0.4) is 0 Å². The van der Waals surface area contributed by atoms with Crippen LogP contribution in [0.15, 0.2) is 73.4 Å². The van der Waals surface area contributed by atoms with Crippen molar-refractivity contribution in [2.45, 2.75) is 110 Å². The number of fused-ring (bicyclic) bond motifs is 6. The van der Waals surface area contributed by atoms with Crippen LogP contribution < -0.4 is 10.7 Å². The third-order valence-electron chi connectivity index (χ3n) is 13.4. The Morgan fingerprint density at radius 3 is 2.51 bits per heavy atom. The molecule has 1 spiro atoms. The van der Waals surface area contributed by atoms with Gasteiger partial charge in [0, 0.05) is 54.7 Å². The topological polar surface area (TPSA) is 165 Å². The number of rotatable bonds is 9. The molecular formula is C50H59F2N7O8. The highest BCUT2D eigenvalue weighted by molar-refractivity contribution is 5.99. The number of methoxy groups -OCH3 is 1. The van der Waals surface area contributed by atoms with Gasteiger partial charge in [0.15, 0.2) is 5.60 Å². The van der Waals surface area contributed by atoms with Gasteiger partial charge in [0.2, 0.25) is 11.8 Å². The number of carbonyl (C=O) groups excluding carboxylic acids is 5. The largest absolute Gasteiger partial charge is 0.464 e. The van der Waals surface area contributed by atoms with Crippen molar-refractivity contribution in [1.29, 1.82) is 0 Å². The average Bonchev–Trinajstić information content (AvgIpc) is 3.71. The van der Waals surface area contributed by atoms with Crippen LogP contribution in [0.4, 0.5) is 8.78 Å². The zero-order valence-corrected chi connectivity index (χ0v) is 39.1. The molecule has 4 aliphatic heterocycles. The van der Waals surface area contributed by atoms with Crippen LogP contribution in [0.25, 0.3) is 33.3 Å². The number of hydrazine groups is 1. The number of ether oxygens (including phenoxy) is 3. The number of amides is 4. The Kier molecular flexibility index (Phi) is 12.9. The number of halogens is 2. The molecule has 17 heteroatoms. The molecule has 356 valence electrons. The third-order valence-corrected chi connectivity index (χ3v) is 13.4.